The molecule has 0 saturated carbocycles. The molecule has 1 rings (SSSR count). The summed E-state index contributed by atoms with van der Waals surface area (Å²) in [7, 11) is 2.08. The lowest BCUT2D eigenvalue weighted by Crippen LogP contribution is -2.21. The van der Waals surface area contributed by atoms with Gasteiger partial charge in [0.15, 0.2) is 0 Å². The van der Waals surface area contributed by atoms with Gasteiger partial charge in [0, 0.05) is 26.0 Å². The summed E-state index contributed by atoms with van der Waals surface area (Å²) < 4.78 is 0. The summed E-state index contributed by atoms with van der Waals surface area (Å²) >= 11 is 0. The minimum absolute atomic E-state index is 1.05. The zero-order valence-corrected chi connectivity index (χ0v) is 7.17. The molecule has 6 heteroatoms. The van der Waals surface area contributed by atoms with E-state index in [4.69, 9.17) is 15.3 Å². The molecule has 0 aromatic heterocycles. The Hall–Kier alpha value is -1.46. The normalized spacial score (nSPS) is 14.2. The Morgan fingerprint density at radius 2 is 2.17 bits per heavy atom. The molecule has 0 radical (unpaired) electrons. The molecular weight excluding hydrogens is 162 g/mol. The summed E-state index contributed by atoms with van der Waals surface area (Å²) in [6.07, 6.45) is 4.20. The van der Waals surface area contributed by atoms with Gasteiger partial charge in [-0.1, -0.05) is 0 Å². The number of hydrogen-bond acceptors (Lipinski definition) is 4. The Labute approximate surface area is 70.8 Å². The van der Waals surface area contributed by atoms with Crippen LogP contribution in [0, 0.1) is 10.1 Å². The van der Waals surface area contributed by atoms with Crippen molar-refractivity contribution in [2.24, 2.45) is 0 Å². The van der Waals surface area contributed by atoms with Crippen molar-refractivity contribution in [1.82, 2.24) is 9.80 Å². The second kappa shape index (κ2) is 5.22. The summed E-state index contributed by atoms with van der Waals surface area (Å²) in [6, 6.07) is 0. The van der Waals surface area contributed by atoms with E-state index in [2.05, 4.69) is 36.2 Å². The Kier molecular flexibility index (Phi) is 4.59. The molecule has 0 aromatic rings. The van der Waals surface area contributed by atoms with Gasteiger partial charge in [-0.15, -0.1) is 10.1 Å². The summed E-state index contributed by atoms with van der Waals surface area (Å²) in [5.41, 5.74) is 0. The predicted molar refractivity (Wildman–Crippen MR) is 42.9 cm³/mol. The van der Waals surface area contributed by atoms with Crippen molar-refractivity contribution in [2.75, 3.05) is 20.3 Å². The topological polar surface area (TPSA) is 69.9 Å². The molecule has 1 heterocycles. The summed E-state index contributed by atoms with van der Waals surface area (Å²) in [6.45, 7) is 4.32. The first-order chi connectivity index (χ1) is 5.56. The highest BCUT2D eigenvalue weighted by Gasteiger charge is 2.03. The van der Waals surface area contributed by atoms with E-state index in [1.807, 2.05) is 0 Å². The fourth-order valence-electron chi connectivity index (χ4n) is 0.794. The monoisotopic (exact) mass is 175 g/mol. The zero-order chi connectivity index (χ0) is 9.56. The largest absolute Gasteiger partial charge is 0.362 e. The third-order valence-corrected chi connectivity index (χ3v) is 1.34. The molecule has 12 heavy (non-hydrogen) atoms. The lowest BCUT2D eigenvalue weighted by Gasteiger charge is -2.14. The first-order valence-electron chi connectivity index (χ1n) is 3.52. The van der Waals surface area contributed by atoms with Gasteiger partial charge in [0.2, 0.25) is 0 Å². The molecule has 0 unspecified atom stereocenters. The molecule has 0 amide bonds. The zero-order valence-electron chi connectivity index (χ0n) is 7.17. The minimum Gasteiger partial charge on any atom is -0.362 e. The molecule has 0 fully saturated rings. The van der Waals surface area contributed by atoms with Crippen LogP contribution < -0.4 is 0 Å². The van der Waals surface area contributed by atoms with E-state index in [0.29, 0.717) is 0 Å². The van der Waals surface area contributed by atoms with E-state index in [0.717, 1.165) is 13.2 Å². The SMILES string of the molecule is CCN1C=CN(C)C1.O=[N+]([O-])O. The van der Waals surface area contributed by atoms with Crippen LogP contribution in [0.4, 0.5) is 0 Å². The number of rotatable bonds is 1. The number of hydrogen-bond donors (Lipinski definition) is 1. The first kappa shape index (κ1) is 10.5. The van der Waals surface area contributed by atoms with Crippen LogP contribution >= 0.6 is 0 Å². The lowest BCUT2D eigenvalue weighted by molar-refractivity contribution is -0.742. The van der Waals surface area contributed by atoms with Crippen molar-refractivity contribution >= 4 is 0 Å². The third kappa shape index (κ3) is 5.33. The van der Waals surface area contributed by atoms with E-state index in [1.165, 1.54) is 0 Å². The van der Waals surface area contributed by atoms with Crippen molar-refractivity contribution in [2.45, 2.75) is 6.92 Å². The average Bonchev–Trinajstić information content (AvgIpc) is 2.34. The van der Waals surface area contributed by atoms with Gasteiger partial charge in [-0.3, -0.25) is 0 Å². The van der Waals surface area contributed by atoms with Crippen molar-refractivity contribution in [3.63, 3.8) is 0 Å². The fraction of sp³-hybridized carbons (Fsp3) is 0.667. The Balaban J connectivity index is 0.000000261. The van der Waals surface area contributed by atoms with Gasteiger partial charge in [-0.25, -0.2) is 0 Å². The molecular formula is C6H13N3O3. The predicted octanol–water partition coefficient (Wildman–Crippen LogP) is 0.335. The van der Waals surface area contributed by atoms with Crippen molar-refractivity contribution in [3.8, 4) is 0 Å². The number of nitrogens with zero attached hydrogens (tertiary/aromatic N) is 3. The Morgan fingerprint density at radius 1 is 1.67 bits per heavy atom. The highest BCUT2D eigenvalue weighted by atomic mass is 16.9. The smallest absolute Gasteiger partial charge is 0.291 e. The van der Waals surface area contributed by atoms with Gasteiger partial charge in [0.25, 0.3) is 5.09 Å². The second-order valence-electron chi connectivity index (χ2n) is 2.34. The molecule has 0 bridgehead atoms. The van der Waals surface area contributed by atoms with Crippen LogP contribution in [0.1, 0.15) is 6.92 Å². The molecule has 1 N–H and O–H groups in total. The van der Waals surface area contributed by atoms with Gasteiger partial charge in [-0.2, -0.15) is 0 Å². The van der Waals surface area contributed by atoms with Crippen LogP contribution in [0.15, 0.2) is 12.4 Å². The van der Waals surface area contributed by atoms with Gasteiger partial charge >= 0.3 is 0 Å². The van der Waals surface area contributed by atoms with E-state index < -0.39 is 5.09 Å². The van der Waals surface area contributed by atoms with E-state index >= 15 is 0 Å². The molecule has 1 aliphatic rings. The van der Waals surface area contributed by atoms with E-state index in [1.54, 1.807) is 0 Å². The highest BCUT2D eigenvalue weighted by Crippen LogP contribution is 2.00. The van der Waals surface area contributed by atoms with Crippen molar-refractivity contribution in [1.29, 1.82) is 0 Å². The van der Waals surface area contributed by atoms with Crippen LogP contribution in [-0.4, -0.2) is 40.4 Å². The second-order valence-corrected chi connectivity index (χ2v) is 2.34. The van der Waals surface area contributed by atoms with Gasteiger partial charge in [-0.05, 0) is 6.92 Å². The standard InChI is InChI=1S/C6H12N2.HNO3/c1-3-8-5-4-7(2)6-8;2-1(3)4/h4-5H,3,6H2,1-2H3;(H,2,3,4). The first-order valence-corrected chi connectivity index (χ1v) is 3.52. The molecule has 0 saturated heterocycles. The van der Waals surface area contributed by atoms with Gasteiger partial charge < -0.3 is 15.0 Å². The maximum atomic E-state index is 8.36. The van der Waals surface area contributed by atoms with Crippen LogP contribution in [-0.2, 0) is 0 Å². The van der Waals surface area contributed by atoms with Gasteiger partial charge in [0.1, 0.15) is 0 Å². The van der Waals surface area contributed by atoms with Crippen molar-refractivity contribution < 1.29 is 10.3 Å². The summed E-state index contributed by atoms with van der Waals surface area (Å²) in [5.74, 6) is 0. The summed E-state index contributed by atoms with van der Waals surface area (Å²) in [4.78, 5) is 12.8. The average molecular weight is 175 g/mol. The van der Waals surface area contributed by atoms with Crippen LogP contribution in [0.5, 0.6) is 0 Å². The molecule has 70 valence electrons. The van der Waals surface area contributed by atoms with E-state index in [-0.39, 0.29) is 0 Å². The van der Waals surface area contributed by atoms with Crippen LogP contribution in [0.3, 0.4) is 0 Å². The molecule has 0 atom stereocenters. The third-order valence-electron chi connectivity index (χ3n) is 1.34. The Morgan fingerprint density at radius 3 is 2.33 bits per heavy atom. The molecule has 6 nitrogen and oxygen atoms in total. The Bertz CT molecular complexity index is 167. The van der Waals surface area contributed by atoms with Crippen molar-refractivity contribution in [3.05, 3.63) is 22.5 Å². The van der Waals surface area contributed by atoms with Gasteiger partial charge in [0.05, 0.1) is 6.67 Å². The minimum atomic E-state index is -1.50. The van der Waals surface area contributed by atoms with Crippen LogP contribution in [0.2, 0.25) is 0 Å². The maximum Gasteiger partial charge on any atom is 0.291 e. The quantitative estimate of drug-likeness (QED) is 0.459. The fourth-order valence-corrected chi connectivity index (χ4v) is 0.794. The molecule has 0 aliphatic carbocycles. The lowest BCUT2D eigenvalue weighted by atomic mass is 10.6. The molecule has 0 spiro atoms. The summed E-state index contributed by atoms with van der Waals surface area (Å²) in [5, 5.41) is 13.6. The van der Waals surface area contributed by atoms with Crippen LogP contribution in [0.25, 0.3) is 0 Å². The van der Waals surface area contributed by atoms with E-state index in [9.17, 15) is 0 Å². The molecule has 0 aromatic carbocycles. The highest BCUT2D eigenvalue weighted by molar-refractivity contribution is 4.87. The maximum absolute atomic E-state index is 8.36. The molecule has 1 aliphatic heterocycles.